The lowest BCUT2D eigenvalue weighted by molar-refractivity contribution is -0.137. The molecule has 0 saturated heterocycles. The highest BCUT2D eigenvalue weighted by molar-refractivity contribution is 6.30. The molecule has 0 bridgehead atoms. The number of halogens is 4. The number of hydrogen-bond acceptors (Lipinski definition) is 2. The van der Waals surface area contributed by atoms with E-state index >= 15 is 0 Å². The maximum absolute atomic E-state index is 13.2. The van der Waals surface area contributed by atoms with E-state index in [0.29, 0.717) is 13.1 Å². The first-order valence-corrected chi connectivity index (χ1v) is 9.29. The highest BCUT2D eigenvalue weighted by atomic mass is 35.5. The fourth-order valence-corrected chi connectivity index (χ4v) is 3.39. The number of carbonyl (C=O) groups excluding carboxylic acids is 1. The zero-order chi connectivity index (χ0) is 20.3. The normalized spacial score (nSPS) is 16.4. The molecule has 3 rings (SSSR count). The summed E-state index contributed by atoms with van der Waals surface area (Å²) in [5.74, 6) is -0.482. The Labute approximate surface area is 166 Å². The zero-order valence-electron chi connectivity index (χ0n) is 15.3. The molecule has 0 aromatic heterocycles. The standard InChI is InChI=1S/C21H20ClF3N2O/c1-14(27-11-9-16(10-12-27)15-5-3-2-4-6-15)20(28)26-19-8-7-17(22)13-18(19)21(23,24)25/h2-9,13-14H,10-12H2,1H3,(H,26,28)/t14-/m0/s1. The quantitative estimate of drug-likeness (QED) is 0.727. The predicted molar refractivity (Wildman–Crippen MR) is 105 cm³/mol. The van der Waals surface area contributed by atoms with E-state index in [2.05, 4.69) is 11.4 Å². The molecule has 1 amide bonds. The van der Waals surface area contributed by atoms with Gasteiger partial charge >= 0.3 is 6.18 Å². The summed E-state index contributed by atoms with van der Waals surface area (Å²) in [5, 5.41) is 2.37. The SMILES string of the molecule is C[C@@H](C(=O)Nc1ccc(Cl)cc1C(F)(F)F)N1CC=C(c2ccccc2)CC1. The number of benzene rings is 2. The van der Waals surface area contributed by atoms with E-state index in [0.717, 1.165) is 18.1 Å². The Bertz CT molecular complexity index is 881. The van der Waals surface area contributed by atoms with Gasteiger partial charge in [0.25, 0.3) is 0 Å². The van der Waals surface area contributed by atoms with Crippen molar-refractivity contribution in [1.29, 1.82) is 0 Å². The molecule has 0 radical (unpaired) electrons. The second kappa shape index (κ2) is 8.37. The second-order valence-electron chi connectivity index (χ2n) is 6.69. The lowest BCUT2D eigenvalue weighted by Gasteiger charge is -2.31. The average Bonchev–Trinajstić information content (AvgIpc) is 2.68. The second-order valence-corrected chi connectivity index (χ2v) is 7.13. The molecule has 7 heteroatoms. The number of amides is 1. The molecule has 148 valence electrons. The number of carbonyl (C=O) groups is 1. The third-order valence-electron chi connectivity index (χ3n) is 4.86. The van der Waals surface area contributed by atoms with Crippen molar-refractivity contribution < 1.29 is 18.0 Å². The largest absolute Gasteiger partial charge is 0.418 e. The summed E-state index contributed by atoms with van der Waals surface area (Å²) in [6, 6.07) is 12.7. The monoisotopic (exact) mass is 408 g/mol. The van der Waals surface area contributed by atoms with Gasteiger partial charge in [0.15, 0.2) is 0 Å². The third-order valence-corrected chi connectivity index (χ3v) is 5.09. The number of anilines is 1. The summed E-state index contributed by atoms with van der Waals surface area (Å²) in [7, 11) is 0. The molecule has 0 aliphatic carbocycles. The van der Waals surface area contributed by atoms with Crippen LogP contribution in [0.5, 0.6) is 0 Å². The molecule has 1 heterocycles. The van der Waals surface area contributed by atoms with E-state index in [1.165, 1.54) is 17.7 Å². The van der Waals surface area contributed by atoms with Gasteiger partial charge in [-0.3, -0.25) is 9.69 Å². The molecule has 1 aliphatic heterocycles. The van der Waals surface area contributed by atoms with Crippen LogP contribution in [0.4, 0.5) is 18.9 Å². The van der Waals surface area contributed by atoms with Crippen molar-refractivity contribution in [1.82, 2.24) is 4.90 Å². The van der Waals surface area contributed by atoms with Gasteiger partial charge in [-0.05, 0) is 42.7 Å². The number of nitrogens with zero attached hydrogens (tertiary/aromatic N) is 1. The van der Waals surface area contributed by atoms with Gasteiger partial charge in [0.05, 0.1) is 17.3 Å². The Morgan fingerprint density at radius 1 is 1.18 bits per heavy atom. The highest BCUT2D eigenvalue weighted by Gasteiger charge is 2.35. The maximum Gasteiger partial charge on any atom is 0.418 e. The van der Waals surface area contributed by atoms with Crippen molar-refractivity contribution in [2.75, 3.05) is 18.4 Å². The summed E-state index contributed by atoms with van der Waals surface area (Å²) in [6.07, 6.45) is -1.77. The molecule has 28 heavy (non-hydrogen) atoms. The Morgan fingerprint density at radius 2 is 1.89 bits per heavy atom. The smallest absolute Gasteiger partial charge is 0.324 e. The zero-order valence-corrected chi connectivity index (χ0v) is 16.0. The van der Waals surface area contributed by atoms with E-state index in [1.54, 1.807) is 6.92 Å². The Balaban J connectivity index is 1.69. The lowest BCUT2D eigenvalue weighted by Crippen LogP contribution is -2.44. The number of alkyl halides is 3. The van der Waals surface area contributed by atoms with Crippen molar-refractivity contribution in [2.45, 2.75) is 25.6 Å². The van der Waals surface area contributed by atoms with E-state index < -0.39 is 23.7 Å². The molecular formula is C21H20ClF3N2O. The lowest BCUT2D eigenvalue weighted by atomic mass is 9.99. The molecule has 0 saturated carbocycles. The van der Waals surface area contributed by atoms with Crippen LogP contribution in [0.2, 0.25) is 5.02 Å². The first-order valence-electron chi connectivity index (χ1n) is 8.92. The summed E-state index contributed by atoms with van der Waals surface area (Å²) in [4.78, 5) is 14.5. The van der Waals surface area contributed by atoms with E-state index in [9.17, 15) is 18.0 Å². The molecular weight excluding hydrogens is 389 g/mol. The van der Waals surface area contributed by atoms with Crippen LogP contribution in [0.1, 0.15) is 24.5 Å². The molecule has 3 nitrogen and oxygen atoms in total. The van der Waals surface area contributed by atoms with Crippen LogP contribution in [0.25, 0.3) is 5.57 Å². The minimum Gasteiger partial charge on any atom is -0.324 e. The van der Waals surface area contributed by atoms with Crippen LogP contribution in [-0.4, -0.2) is 29.9 Å². The Morgan fingerprint density at radius 3 is 2.50 bits per heavy atom. The highest BCUT2D eigenvalue weighted by Crippen LogP contribution is 2.36. The molecule has 1 atom stereocenters. The maximum atomic E-state index is 13.2. The van der Waals surface area contributed by atoms with Gasteiger partial charge in [0.1, 0.15) is 0 Å². The molecule has 2 aromatic rings. The van der Waals surface area contributed by atoms with Crippen molar-refractivity contribution in [2.24, 2.45) is 0 Å². The van der Waals surface area contributed by atoms with Gasteiger partial charge in [0.2, 0.25) is 5.91 Å². The summed E-state index contributed by atoms with van der Waals surface area (Å²) in [6.45, 7) is 2.91. The summed E-state index contributed by atoms with van der Waals surface area (Å²) >= 11 is 5.68. The topological polar surface area (TPSA) is 32.3 Å². The van der Waals surface area contributed by atoms with Crippen LogP contribution in [0.3, 0.4) is 0 Å². The van der Waals surface area contributed by atoms with Crippen molar-refractivity contribution >= 4 is 28.8 Å². The van der Waals surface area contributed by atoms with Crippen molar-refractivity contribution in [3.63, 3.8) is 0 Å². The van der Waals surface area contributed by atoms with Gasteiger partial charge in [-0.25, -0.2) is 0 Å². The molecule has 0 fully saturated rings. The summed E-state index contributed by atoms with van der Waals surface area (Å²) in [5.41, 5.74) is 1.12. The van der Waals surface area contributed by atoms with Gasteiger partial charge in [-0.2, -0.15) is 13.2 Å². The summed E-state index contributed by atoms with van der Waals surface area (Å²) < 4.78 is 39.6. The van der Waals surface area contributed by atoms with Crippen LogP contribution < -0.4 is 5.32 Å². The molecule has 2 aromatic carbocycles. The van der Waals surface area contributed by atoms with Gasteiger partial charge in [-0.1, -0.05) is 48.0 Å². The minimum absolute atomic E-state index is 0.0343. The van der Waals surface area contributed by atoms with Crippen molar-refractivity contribution in [3.05, 3.63) is 70.8 Å². The Kier molecular flexibility index (Phi) is 6.10. The van der Waals surface area contributed by atoms with Crippen LogP contribution in [0, 0.1) is 0 Å². The first-order chi connectivity index (χ1) is 13.3. The van der Waals surface area contributed by atoms with E-state index in [1.807, 2.05) is 35.2 Å². The molecule has 1 N–H and O–H groups in total. The van der Waals surface area contributed by atoms with Gasteiger partial charge in [-0.15, -0.1) is 0 Å². The van der Waals surface area contributed by atoms with Gasteiger partial charge in [0, 0.05) is 18.1 Å². The molecule has 1 aliphatic rings. The average molecular weight is 409 g/mol. The predicted octanol–water partition coefficient (Wildman–Crippen LogP) is 5.48. The van der Waals surface area contributed by atoms with Crippen LogP contribution >= 0.6 is 11.6 Å². The minimum atomic E-state index is -4.60. The van der Waals surface area contributed by atoms with E-state index in [4.69, 9.17) is 11.6 Å². The van der Waals surface area contributed by atoms with E-state index in [-0.39, 0.29) is 10.7 Å². The first kappa shape index (κ1) is 20.4. The number of nitrogens with one attached hydrogen (secondary N) is 1. The third kappa shape index (κ3) is 4.75. The van der Waals surface area contributed by atoms with Crippen molar-refractivity contribution in [3.8, 4) is 0 Å². The van der Waals surface area contributed by atoms with Gasteiger partial charge < -0.3 is 5.32 Å². The fraction of sp³-hybridized carbons (Fsp3) is 0.286. The fourth-order valence-electron chi connectivity index (χ4n) is 3.21. The molecule has 0 spiro atoms. The molecule has 0 unspecified atom stereocenters. The Hall–Kier alpha value is -2.31. The number of hydrogen-bond donors (Lipinski definition) is 1. The van der Waals surface area contributed by atoms with Crippen LogP contribution in [0.15, 0.2) is 54.6 Å². The van der Waals surface area contributed by atoms with Crippen LogP contribution in [-0.2, 0) is 11.0 Å². The number of rotatable bonds is 4.